The molecule has 118 valence electrons. The lowest BCUT2D eigenvalue weighted by Gasteiger charge is -2.35. The molecule has 5 nitrogen and oxygen atoms in total. The molecule has 1 aromatic carbocycles. The Morgan fingerprint density at radius 1 is 1.30 bits per heavy atom. The smallest absolute Gasteiger partial charge is 0.258 e. The first kappa shape index (κ1) is 14.6. The number of aliphatic hydroxyl groups excluding tert-OH is 1. The summed E-state index contributed by atoms with van der Waals surface area (Å²) < 4.78 is 5.35. The zero-order chi connectivity index (χ0) is 15.6. The van der Waals surface area contributed by atoms with Crippen molar-refractivity contribution in [2.45, 2.75) is 19.0 Å². The van der Waals surface area contributed by atoms with Crippen molar-refractivity contribution in [3.05, 3.63) is 58.0 Å². The Labute approximate surface area is 138 Å². The van der Waals surface area contributed by atoms with E-state index in [2.05, 4.69) is 33.2 Å². The summed E-state index contributed by atoms with van der Waals surface area (Å²) in [6.07, 6.45) is 0.974. The van der Waals surface area contributed by atoms with Crippen molar-refractivity contribution in [2.75, 3.05) is 13.2 Å². The molecule has 4 rings (SSSR count). The fourth-order valence-electron chi connectivity index (χ4n) is 3.11. The van der Waals surface area contributed by atoms with Gasteiger partial charge >= 0.3 is 0 Å². The van der Waals surface area contributed by atoms with Crippen LogP contribution in [0.4, 0.5) is 0 Å². The number of hydrogen-bond donors (Lipinski definition) is 1. The molecule has 0 amide bonds. The highest BCUT2D eigenvalue weighted by Gasteiger charge is 2.27. The Bertz CT molecular complexity index is 785. The number of nitrogens with zero attached hydrogens (tertiary/aromatic N) is 3. The van der Waals surface area contributed by atoms with Gasteiger partial charge in [-0.05, 0) is 29.0 Å². The summed E-state index contributed by atoms with van der Waals surface area (Å²) in [5.41, 5.74) is 3.47. The maximum atomic E-state index is 9.84. The number of aliphatic hydroxyl groups is 1. The third-order valence-electron chi connectivity index (χ3n) is 4.28. The summed E-state index contributed by atoms with van der Waals surface area (Å²) in [5, 5.41) is 17.9. The molecule has 0 radical (unpaired) electrons. The zero-order valence-corrected chi connectivity index (χ0v) is 13.4. The molecular formula is C17H17N3O2S. The molecule has 23 heavy (non-hydrogen) atoms. The summed E-state index contributed by atoms with van der Waals surface area (Å²) in [7, 11) is 0. The van der Waals surface area contributed by atoms with Crippen molar-refractivity contribution < 1.29 is 9.63 Å². The normalized spacial score (nSPS) is 18.0. The van der Waals surface area contributed by atoms with Gasteiger partial charge in [-0.15, -0.1) is 0 Å². The summed E-state index contributed by atoms with van der Waals surface area (Å²) in [4.78, 5) is 6.69. The van der Waals surface area contributed by atoms with Crippen LogP contribution in [0.2, 0.25) is 0 Å². The highest BCUT2D eigenvalue weighted by Crippen LogP contribution is 2.30. The van der Waals surface area contributed by atoms with Gasteiger partial charge in [0.25, 0.3) is 5.89 Å². The Hall–Kier alpha value is -2.02. The molecule has 0 bridgehead atoms. The number of rotatable bonds is 4. The third kappa shape index (κ3) is 2.81. The highest BCUT2D eigenvalue weighted by molar-refractivity contribution is 7.08. The summed E-state index contributed by atoms with van der Waals surface area (Å²) in [5.74, 6) is 1.21. The van der Waals surface area contributed by atoms with E-state index in [1.165, 1.54) is 11.1 Å². The first-order chi connectivity index (χ1) is 11.3. The van der Waals surface area contributed by atoms with Crippen LogP contribution in [-0.2, 0) is 13.0 Å². The number of aromatic nitrogens is 2. The lowest BCUT2D eigenvalue weighted by molar-refractivity contribution is 0.105. The topological polar surface area (TPSA) is 62.4 Å². The Balaban J connectivity index is 1.55. The minimum Gasteiger partial charge on any atom is -0.394 e. The number of fused-ring (bicyclic) bond motifs is 1. The van der Waals surface area contributed by atoms with E-state index in [1.54, 1.807) is 11.3 Å². The van der Waals surface area contributed by atoms with Crippen LogP contribution in [0, 0.1) is 0 Å². The van der Waals surface area contributed by atoms with E-state index in [0.717, 1.165) is 18.5 Å². The molecule has 3 aromatic rings. The van der Waals surface area contributed by atoms with Gasteiger partial charge in [-0.1, -0.05) is 29.4 Å². The molecule has 0 fully saturated rings. The van der Waals surface area contributed by atoms with Crippen LogP contribution in [0.1, 0.15) is 23.0 Å². The van der Waals surface area contributed by atoms with Crippen molar-refractivity contribution in [3.63, 3.8) is 0 Å². The number of hydrogen-bond acceptors (Lipinski definition) is 6. The fourth-order valence-corrected chi connectivity index (χ4v) is 3.74. The predicted molar refractivity (Wildman–Crippen MR) is 88.0 cm³/mol. The molecule has 1 N–H and O–H groups in total. The first-order valence-corrected chi connectivity index (χ1v) is 8.57. The standard InChI is InChI=1S/C17H17N3O2S/c21-10-15-14-4-2-1-3-12(14)5-7-20(15)9-16-18-17(22-19-16)13-6-8-23-11-13/h1-4,6,8,11,15,21H,5,7,9-10H2. The minimum atomic E-state index is -0.0111. The predicted octanol–water partition coefficient (Wildman–Crippen LogP) is 2.89. The maximum absolute atomic E-state index is 9.84. The molecule has 2 aromatic heterocycles. The molecule has 1 aliphatic rings. The number of benzene rings is 1. The van der Waals surface area contributed by atoms with Crippen molar-refractivity contribution >= 4 is 11.3 Å². The van der Waals surface area contributed by atoms with Crippen LogP contribution in [0.5, 0.6) is 0 Å². The second-order valence-electron chi connectivity index (χ2n) is 5.65. The monoisotopic (exact) mass is 327 g/mol. The SMILES string of the molecule is OCC1c2ccccc2CCN1Cc1noc(-c2ccsc2)n1. The Kier molecular flexibility index (Phi) is 3.95. The molecule has 3 heterocycles. The van der Waals surface area contributed by atoms with E-state index in [4.69, 9.17) is 4.52 Å². The second-order valence-corrected chi connectivity index (χ2v) is 6.43. The van der Waals surface area contributed by atoms with Gasteiger partial charge in [0.2, 0.25) is 0 Å². The van der Waals surface area contributed by atoms with Crippen LogP contribution in [0.3, 0.4) is 0 Å². The van der Waals surface area contributed by atoms with Gasteiger partial charge in [-0.2, -0.15) is 16.3 Å². The van der Waals surface area contributed by atoms with Gasteiger partial charge in [0.15, 0.2) is 5.82 Å². The number of thiophene rings is 1. The molecule has 0 aliphatic carbocycles. The fraction of sp³-hybridized carbons (Fsp3) is 0.294. The lowest BCUT2D eigenvalue weighted by Crippen LogP contribution is -2.37. The van der Waals surface area contributed by atoms with Gasteiger partial charge in [0.05, 0.1) is 24.8 Å². The molecule has 0 saturated heterocycles. The molecule has 1 atom stereocenters. The van der Waals surface area contributed by atoms with Crippen molar-refractivity contribution in [2.24, 2.45) is 0 Å². The van der Waals surface area contributed by atoms with E-state index in [1.807, 2.05) is 22.9 Å². The summed E-state index contributed by atoms with van der Waals surface area (Å²) >= 11 is 1.60. The molecule has 1 unspecified atom stereocenters. The molecule has 0 spiro atoms. The molecule has 1 aliphatic heterocycles. The average molecular weight is 327 g/mol. The van der Waals surface area contributed by atoms with Gasteiger partial charge in [-0.3, -0.25) is 4.90 Å². The maximum Gasteiger partial charge on any atom is 0.258 e. The van der Waals surface area contributed by atoms with E-state index >= 15 is 0 Å². The van der Waals surface area contributed by atoms with Crippen molar-refractivity contribution in [3.8, 4) is 11.5 Å². The second kappa shape index (κ2) is 6.23. The van der Waals surface area contributed by atoms with Gasteiger partial charge in [0.1, 0.15) is 0 Å². The Morgan fingerprint density at radius 3 is 3.04 bits per heavy atom. The van der Waals surface area contributed by atoms with Crippen LogP contribution >= 0.6 is 11.3 Å². The van der Waals surface area contributed by atoms with Crippen LogP contribution in [-0.4, -0.2) is 33.3 Å². The highest BCUT2D eigenvalue weighted by atomic mass is 32.1. The van der Waals surface area contributed by atoms with Crippen LogP contribution in [0.15, 0.2) is 45.6 Å². The Morgan fingerprint density at radius 2 is 2.22 bits per heavy atom. The van der Waals surface area contributed by atoms with Crippen molar-refractivity contribution in [1.82, 2.24) is 15.0 Å². The minimum absolute atomic E-state index is 0.0111. The molecular weight excluding hydrogens is 310 g/mol. The van der Waals surface area contributed by atoms with Crippen LogP contribution < -0.4 is 0 Å². The molecule has 0 saturated carbocycles. The average Bonchev–Trinajstić information content (AvgIpc) is 3.26. The third-order valence-corrected chi connectivity index (χ3v) is 4.96. The van der Waals surface area contributed by atoms with Crippen LogP contribution in [0.25, 0.3) is 11.5 Å². The summed E-state index contributed by atoms with van der Waals surface area (Å²) in [6, 6.07) is 10.3. The lowest BCUT2D eigenvalue weighted by atomic mass is 9.93. The van der Waals surface area contributed by atoms with Gasteiger partial charge in [-0.25, -0.2) is 0 Å². The van der Waals surface area contributed by atoms with E-state index in [-0.39, 0.29) is 12.6 Å². The van der Waals surface area contributed by atoms with E-state index < -0.39 is 0 Å². The zero-order valence-electron chi connectivity index (χ0n) is 12.6. The van der Waals surface area contributed by atoms with Crippen molar-refractivity contribution in [1.29, 1.82) is 0 Å². The van der Waals surface area contributed by atoms with E-state index in [0.29, 0.717) is 18.3 Å². The summed E-state index contributed by atoms with van der Waals surface area (Å²) in [6.45, 7) is 1.55. The first-order valence-electron chi connectivity index (χ1n) is 7.63. The van der Waals surface area contributed by atoms with Gasteiger partial charge in [0, 0.05) is 11.9 Å². The van der Waals surface area contributed by atoms with Gasteiger partial charge < -0.3 is 9.63 Å². The largest absolute Gasteiger partial charge is 0.394 e. The quantitative estimate of drug-likeness (QED) is 0.798. The molecule has 6 heteroatoms. The van der Waals surface area contributed by atoms with E-state index in [9.17, 15) is 5.11 Å².